The summed E-state index contributed by atoms with van der Waals surface area (Å²) in [5, 5.41) is 21.0. The normalized spacial score (nSPS) is 22.3. The van der Waals surface area contributed by atoms with Crippen molar-refractivity contribution in [3.63, 3.8) is 0 Å². The number of unbranched alkanes of at least 4 members (excludes halogenated alkanes) is 16. The number of phosphoric acid groups is 2. The zero-order valence-corrected chi connectivity index (χ0v) is 46.3. The van der Waals surface area contributed by atoms with Crippen LogP contribution in [0.1, 0.15) is 200 Å². The summed E-state index contributed by atoms with van der Waals surface area (Å²) in [6, 6.07) is 1.25. The maximum atomic E-state index is 12.9. The van der Waals surface area contributed by atoms with Gasteiger partial charge in [0.25, 0.3) is 0 Å². The van der Waals surface area contributed by atoms with E-state index in [2.05, 4.69) is 66.5 Å². The van der Waals surface area contributed by atoms with Gasteiger partial charge in [0.05, 0.1) is 25.4 Å². The van der Waals surface area contributed by atoms with E-state index >= 15 is 0 Å². The van der Waals surface area contributed by atoms with E-state index in [-0.39, 0.29) is 30.9 Å². The molecule has 5 unspecified atom stereocenters. The summed E-state index contributed by atoms with van der Waals surface area (Å²) >= 11 is 0. The maximum absolute atomic E-state index is 12.9. The summed E-state index contributed by atoms with van der Waals surface area (Å²) in [6.45, 7) is 4.43. The van der Waals surface area contributed by atoms with E-state index in [1.54, 1.807) is 0 Å². The Kier molecular flexibility index (Phi) is 33.2. The first kappa shape index (κ1) is 65.2. The Morgan fingerprint density at radius 1 is 0.730 bits per heavy atom. The second-order valence-corrected chi connectivity index (χ2v) is 22.8. The highest BCUT2D eigenvalue weighted by Gasteiger charge is 2.46. The molecule has 10 atom stereocenters. The average molecular weight is 1090 g/mol. The molecule has 74 heavy (non-hydrogen) atoms. The Morgan fingerprint density at radius 3 is 1.96 bits per heavy atom. The summed E-state index contributed by atoms with van der Waals surface area (Å²) in [5.41, 5.74) is 4.59. The summed E-state index contributed by atoms with van der Waals surface area (Å²) in [4.78, 5) is 62.2. The van der Waals surface area contributed by atoms with Crippen LogP contribution in [-0.2, 0) is 51.0 Å². The third-order valence-electron chi connectivity index (χ3n) is 13.2. The molecule has 424 valence electrons. The highest BCUT2D eigenvalue weighted by molar-refractivity contribution is 7.61. The number of aromatic nitrogens is 2. The number of hydrogen-bond donors (Lipinski definition) is 5. The number of aliphatic hydroxyl groups is 2. The molecule has 2 aliphatic rings. The van der Waals surface area contributed by atoms with Gasteiger partial charge in [-0.2, -0.15) is 9.29 Å². The smallest absolute Gasteiger partial charge is 0.462 e. The molecule has 0 amide bonds. The first-order valence-corrected chi connectivity index (χ1v) is 30.5. The average Bonchev–Trinajstić information content (AvgIpc) is 4.05. The van der Waals surface area contributed by atoms with Gasteiger partial charge < -0.3 is 44.7 Å². The molecule has 6 N–H and O–H groups in total. The van der Waals surface area contributed by atoms with Crippen molar-refractivity contribution in [1.29, 1.82) is 0 Å². The van der Waals surface area contributed by atoms with Crippen LogP contribution in [0.25, 0.3) is 0 Å². The molecular formula is C53H91N3O16P2. The van der Waals surface area contributed by atoms with Crippen molar-refractivity contribution in [2.24, 2.45) is 5.92 Å². The molecule has 19 nitrogen and oxygen atoms in total. The number of nitrogens with zero attached hydrogens (tertiary/aromatic N) is 2. The summed E-state index contributed by atoms with van der Waals surface area (Å²) < 4.78 is 62.7. The highest BCUT2D eigenvalue weighted by Crippen LogP contribution is 2.60. The fourth-order valence-corrected chi connectivity index (χ4v) is 10.5. The molecule has 0 bridgehead atoms. The predicted octanol–water partition coefficient (Wildman–Crippen LogP) is 10.8. The summed E-state index contributed by atoms with van der Waals surface area (Å²) in [6.07, 6.45) is 33.7. The number of anilines is 1. The van der Waals surface area contributed by atoms with Crippen LogP contribution in [0.4, 0.5) is 5.82 Å². The van der Waals surface area contributed by atoms with Crippen LogP contribution in [0.3, 0.4) is 0 Å². The van der Waals surface area contributed by atoms with Crippen molar-refractivity contribution in [2.45, 2.75) is 237 Å². The molecule has 1 aromatic heterocycles. The van der Waals surface area contributed by atoms with Crippen molar-refractivity contribution in [3.05, 3.63) is 59.2 Å². The molecule has 0 spiro atoms. The lowest BCUT2D eigenvalue weighted by atomic mass is 9.99. The van der Waals surface area contributed by atoms with Gasteiger partial charge in [-0.25, -0.2) is 13.9 Å². The lowest BCUT2D eigenvalue weighted by Gasteiger charge is -2.21. The van der Waals surface area contributed by atoms with Crippen LogP contribution < -0.4 is 11.4 Å². The van der Waals surface area contributed by atoms with E-state index in [4.69, 9.17) is 33.7 Å². The van der Waals surface area contributed by atoms with Crippen molar-refractivity contribution in [2.75, 3.05) is 25.6 Å². The van der Waals surface area contributed by atoms with Crippen LogP contribution in [0.5, 0.6) is 0 Å². The van der Waals surface area contributed by atoms with Crippen LogP contribution in [0.15, 0.2) is 53.5 Å². The Morgan fingerprint density at radius 2 is 1.32 bits per heavy atom. The van der Waals surface area contributed by atoms with E-state index in [0.717, 1.165) is 68.0 Å². The Labute approximate surface area is 440 Å². The van der Waals surface area contributed by atoms with Gasteiger partial charge in [0, 0.05) is 19.0 Å². The minimum Gasteiger partial charge on any atom is -0.462 e. The number of esters is 2. The first-order chi connectivity index (χ1) is 35.5. The fraction of sp³-hybridized carbons (Fsp3) is 0.774. The number of hydrogen-bond acceptors (Lipinski definition) is 16. The van der Waals surface area contributed by atoms with Crippen molar-refractivity contribution >= 4 is 33.4 Å². The predicted molar refractivity (Wildman–Crippen MR) is 284 cm³/mol. The van der Waals surface area contributed by atoms with Gasteiger partial charge >= 0.3 is 33.3 Å². The minimum atomic E-state index is -5.44. The van der Waals surface area contributed by atoms with Crippen LogP contribution in [0.2, 0.25) is 0 Å². The summed E-state index contributed by atoms with van der Waals surface area (Å²) in [7, 11) is -10.9. The van der Waals surface area contributed by atoms with E-state index in [9.17, 15) is 43.5 Å². The lowest BCUT2D eigenvalue weighted by molar-refractivity contribution is -0.161. The van der Waals surface area contributed by atoms with Gasteiger partial charge in [0.15, 0.2) is 12.3 Å². The topological polar surface area (TPSA) is 278 Å². The molecule has 21 heteroatoms. The second-order valence-electron chi connectivity index (χ2n) is 19.7. The van der Waals surface area contributed by atoms with Gasteiger partial charge in [0.2, 0.25) is 0 Å². The quantitative estimate of drug-likeness (QED) is 0.0133. The number of rotatable bonds is 44. The minimum absolute atomic E-state index is 0.0317. The number of phosphoric ester groups is 2. The number of aliphatic hydroxyl groups excluding tert-OH is 2. The maximum Gasteiger partial charge on any atom is 0.481 e. The number of epoxide rings is 1. The molecule has 2 saturated heterocycles. The Balaban J connectivity index is 1.39. The van der Waals surface area contributed by atoms with E-state index in [1.807, 2.05) is 0 Å². The standard InChI is InChI=1S/C53H91N3O16P2/c1-4-6-7-8-9-10-11-17-20-23-26-29-33-44-45(70-44)34-31-36-48(57)66-39-43(69-49(58)35-30-27-24-21-18-15-13-12-14-16-19-22-25-28-32-42(3)5-2)40-67-73(62,63)72-74(64,65)68-41-46-50(59)51(60)52(71-46)56-38-37-47(54)55-53(56)61/h9-10,17,20,26,29,37-38,42-46,50-52,59-60H,4-8,11-16,18-19,21-25,27-28,30-36,39-41H2,1-3H3,(H,62,63)(H,64,65)(H2,54,55,61)/b10-9-,20-17-,29-26-/t42?,43-,44?,45?,46-,50-,51-,52-/m1/s1. The van der Waals surface area contributed by atoms with Gasteiger partial charge in [-0.05, 0) is 63.4 Å². The zero-order valence-electron chi connectivity index (χ0n) is 44.5. The van der Waals surface area contributed by atoms with Crippen LogP contribution in [0, 0.1) is 5.92 Å². The molecule has 0 aliphatic carbocycles. The third-order valence-corrected chi connectivity index (χ3v) is 15.8. The Hall–Kier alpha value is -3.06. The number of carbonyl (C=O) groups excluding carboxylic acids is 2. The third kappa shape index (κ3) is 29.5. The number of nitrogen functional groups attached to an aromatic ring is 1. The van der Waals surface area contributed by atoms with Crippen LogP contribution in [-0.4, -0.2) is 97.9 Å². The largest absolute Gasteiger partial charge is 0.481 e. The molecule has 2 fully saturated rings. The van der Waals surface area contributed by atoms with E-state index < -0.39 is 83.7 Å². The molecular weight excluding hydrogens is 997 g/mol. The van der Waals surface area contributed by atoms with Crippen molar-refractivity contribution in [1.82, 2.24) is 9.55 Å². The molecule has 2 aliphatic heterocycles. The SMILES string of the molecule is CCCCC/C=C\C/C=C\C/C=C\CC1OC1CCCC(=O)OC[C@H](COP(=O)(O)OP(=O)(O)OC[C@H]1O[C@@H](n2ccc(N)nc2=O)[C@H](O)[C@@H]1O)OC(=O)CCCCCCCCCCCCCCCCC(C)CC. The van der Waals surface area contributed by atoms with Gasteiger partial charge in [-0.3, -0.25) is 23.2 Å². The molecule has 1 aromatic rings. The number of ether oxygens (including phenoxy) is 4. The second kappa shape index (κ2) is 37.7. The van der Waals surface area contributed by atoms with Crippen molar-refractivity contribution < 1.29 is 71.0 Å². The number of allylic oxidation sites excluding steroid dienone is 5. The highest BCUT2D eigenvalue weighted by atomic mass is 31.3. The van der Waals surface area contributed by atoms with Gasteiger partial charge in [0.1, 0.15) is 30.7 Å². The monoisotopic (exact) mass is 1090 g/mol. The molecule has 3 rings (SSSR count). The Bertz CT molecular complexity index is 1970. The molecule has 0 aromatic carbocycles. The van der Waals surface area contributed by atoms with E-state index in [0.29, 0.717) is 19.3 Å². The fourth-order valence-electron chi connectivity index (χ4n) is 8.44. The van der Waals surface area contributed by atoms with Gasteiger partial charge in [-0.1, -0.05) is 166 Å². The van der Waals surface area contributed by atoms with Gasteiger partial charge in [-0.15, -0.1) is 0 Å². The number of carbonyl (C=O) groups is 2. The summed E-state index contributed by atoms with van der Waals surface area (Å²) in [5.74, 6) is -0.527. The molecule has 0 saturated carbocycles. The van der Waals surface area contributed by atoms with Crippen molar-refractivity contribution in [3.8, 4) is 0 Å². The zero-order chi connectivity index (χ0) is 54.0. The number of nitrogens with two attached hydrogens (primary N) is 1. The molecule has 0 radical (unpaired) electrons. The lowest BCUT2D eigenvalue weighted by Crippen LogP contribution is -2.36. The molecule has 3 heterocycles. The first-order valence-electron chi connectivity index (χ1n) is 27.5. The van der Waals surface area contributed by atoms with Crippen LogP contribution >= 0.6 is 15.6 Å². The van der Waals surface area contributed by atoms with E-state index in [1.165, 1.54) is 96.0 Å².